The number of rotatable bonds is 8. The lowest BCUT2D eigenvalue weighted by Crippen LogP contribution is -2.47. The summed E-state index contributed by atoms with van der Waals surface area (Å²) in [6, 6.07) is 75.9. The average Bonchev–Trinajstić information content (AvgIpc) is 4.38. The van der Waals surface area contributed by atoms with Gasteiger partial charge >= 0.3 is 0 Å². The zero-order chi connectivity index (χ0) is 51.1. The van der Waals surface area contributed by atoms with Crippen molar-refractivity contribution in [2.24, 2.45) is 0 Å². The van der Waals surface area contributed by atoms with E-state index in [1.165, 1.54) is 112 Å². The highest BCUT2D eigenvalue weighted by atomic mass is 15.3. The number of hydrogen-bond donors (Lipinski definition) is 0. The van der Waals surface area contributed by atoms with Crippen LogP contribution in [0.1, 0.15) is 105 Å². The molecule has 9 aromatic rings. The van der Waals surface area contributed by atoms with Crippen molar-refractivity contribution in [3.63, 3.8) is 0 Å². The Morgan fingerprint density at radius 3 is 1.05 bits per heavy atom. The molecule has 4 aliphatic heterocycles. The van der Waals surface area contributed by atoms with Crippen molar-refractivity contribution in [2.45, 2.75) is 115 Å². The molecule has 0 radical (unpaired) electrons. The van der Waals surface area contributed by atoms with E-state index in [4.69, 9.17) is 0 Å². The van der Waals surface area contributed by atoms with Gasteiger partial charge in [-0.25, -0.2) is 0 Å². The fourth-order valence-corrected chi connectivity index (χ4v) is 16.2. The van der Waals surface area contributed by atoms with E-state index in [1.807, 2.05) is 0 Å². The van der Waals surface area contributed by atoms with Crippen LogP contribution < -0.4 is 19.6 Å². The number of aryl methyl sites for hydroxylation is 4. The number of benzene rings is 9. The molecule has 15 rings (SSSR count). The van der Waals surface area contributed by atoms with Gasteiger partial charge in [0.1, 0.15) is 0 Å². The van der Waals surface area contributed by atoms with Crippen molar-refractivity contribution < 1.29 is 0 Å². The molecule has 9 aromatic carbocycles. The number of fused-ring (bicyclic) bond motifs is 12. The molecule has 8 atom stereocenters. The fraction of sp³-hybridized carbons (Fsp3) is 0.250. The van der Waals surface area contributed by atoms with Gasteiger partial charge in [-0.2, -0.15) is 0 Å². The predicted octanol–water partition coefficient (Wildman–Crippen LogP) is 18.3. The van der Waals surface area contributed by atoms with Crippen LogP contribution in [0, 0.1) is 41.5 Å². The van der Waals surface area contributed by atoms with Gasteiger partial charge in [-0.15, -0.1) is 0 Å². The molecule has 0 saturated heterocycles. The molecule has 2 saturated carbocycles. The number of anilines is 8. The normalized spacial score (nSPS) is 22.9. The molecule has 0 aromatic heterocycles. The second-order valence-corrected chi connectivity index (χ2v) is 23.2. The van der Waals surface area contributed by atoms with Crippen LogP contribution in [0.5, 0.6) is 0 Å². The first-order valence-electron chi connectivity index (χ1n) is 28.2. The maximum atomic E-state index is 2.93. The summed E-state index contributed by atoms with van der Waals surface area (Å²) in [5.41, 5.74) is 30.8. The zero-order valence-corrected chi connectivity index (χ0v) is 44.7. The largest absolute Gasteiger partial charge is 0.338 e. The summed E-state index contributed by atoms with van der Waals surface area (Å²) in [6.45, 7) is 13.7. The highest BCUT2D eigenvalue weighted by molar-refractivity contribution is 6.06. The van der Waals surface area contributed by atoms with Crippen LogP contribution >= 0.6 is 0 Å². The molecule has 76 heavy (non-hydrogen) atoms. The van der Waals surface area contributed by atoms with E-state index in [0.29, 0.717) is 11.8 Å². The van der Waals surface area contributed by atoms with Crippen LogP contribution in [0.2, 0.25) is 0 Å². The minimum atomic E-state index is 0.248. The third-order valence-corrected chi connectivity index (χ3v) is 19.6. The van der Waals surface area contributed by atoms with Crippen molar-refractivity contribution in [2.75, 3.05) is 19.6 Å². The Bertz CT molecular complexity index is 3460. The molecule has 2 aliphatic carbocycles. The van der Waals surface area contributed by atoms with Gasteiger partial charge < -0.3 is 19.6 Å². The van der Waals surface area contributed by atoms with Gasteiger partial charge in [0, 0.05) is 81.0 Å². The second-order valence-electron chi connectivity index (χ2n) is 23.2. The Labute approximate surface area is 449 Å². The molecule has 374 valence electrons. The Kier molecular flexibility index (Phi) is 10.4. The van der Waals surface area contributed by atoms with Crippen LogP contribution in [-0.4, -0.2) is 24.2 Å². The van der Waals surface area contributed by atoms with Crippen molar-refractivity contribution >= 4 is 45.5 Å². The van der Waals surface area contributed by atoms with Gasteiger partial charge in [0.25, 0.3) is 0 Å². The van der Waals surface area contributed by atoms with Gasteiger partial charge in [-0.3, -0.25) is 0 Å². The molecule has 0 bridgehead atoms. The molecular weight excluding hydrogens is 921 g/mol. The van der Waals surface area contributed by atoms with E-state index < -0.39 is 0 Å². The van der Waals surface area contributed by atoms with E-state index in [2.05, 4.69) is 255 Å². The lowest BCUT2D eigenvalue weighted by Gasteiger charge is -2.46. The molecule has 4 heteroatoms. The number of hydrogen-bond acceptors (Lipinski definition) is 4. The Balaban J connectivity index is 0.978. The summed E-state index contributed by atoms with van der Waals surface area (Å²) in [5, 5.41) is 0. The topological polar surface area (TPSA) is 13.0 Å². The summed E-state index contributed by atoms with van der Waals surface area (Å²) in [4.78, 5) is 11.4. The summed E-state index contributed by atoms with van der Waals surface area (Å²) >= 11 is 0. The average molecular weight is 987 g/mol. The van der Waals surface area contributed by atoms with Gasteiger partial charge in [-0.1, -0.05) is 133 Å². The Morgan fingerprint density at radius 1 is 0.355 bits per heavy atom. The van der Waals surface area contributed by atoms with E-state index in [-0.39, 0.29) is 36.0 Å². The molecule has 6 aliphatic rings. The molecule has 8 unspecified atom stereocenters. The first-order chi connectivity index (χ1) is 37.3. The van der Waals surface area contributed by atoms with Crippen molar-refractivity contribution in [1.29, 1.82) is 0 Å². The second kappa shape index (κ2) is 17.4. The lowest BCUT2D eigenvalue weighted by atomic mass is 9.68. The first-order valence-corrected chi connectivity index (χ1v) is 28.2. The first kappa shape index (κ1) is 45.6. The van der Waals surface area contributed by atoms with Crippen LogP contribution in [0.25, 0.3) is 22.3 Å². The zero-order valence-electron chi connectivity index (χ0n) is 44.7. The third-order valence-electron chi connectivity index (χ3n) is 19.6. The molecule has 0 amide bonds. The van der Waals surface area contributed by atoms with Crippen LogP contribution in [0.4, 0.5) is 45.5 Å². The number of para-hydroxylation sites is 4. The van der Waals surface area contributed by atoms with E-state index in [9.17, 15) is 0 Å². The predicted molar refractivity (Wildman–Crippen MR) is 318 cm³/mol. The lowest BCUT2D eigenvalue weighted by molar-refractivity contribution is 0.325. The van der Waals surface area contributed by atoms with Crippen LogP contribution in [0.3, 0.4) is 0 Å². The minimum Gasteiger partial charge on any atom is -0.338 e. The standard InChI is InChI=1S/C72H66N4/c1-43-39-53(40-44(2)47(43)5)73(51-27-15-9-16-28-51)61-37-35-57-67-63(49-23-11-7-12-24-49)72-68(64(50-25-13-8-14-26-50)71(67)75-59-33-21-19-31-55(59)65(61)69(57)75)58-36-38-62(66-56-32-20-22-34-60(56)76(72)70(58)66)74(52-29-17-10-18-30-52)54-41-45(3)48(6)46(4)42-54/h7-34,39-42,57-58,61-62,65-66,69-70H,35-38H2,1-6H3. The number of nitrogens with zero attached hydrogens (tertiary/aromatic N) is 4. The maximum Gasteiger partial charge on any atom is 0.0540 e. The van der Waals surface area contributed by atoms with E-state index >= 15 is 0 Å². The molecule has 4 heterocycles. The molecule has 2 fully saturated rings. The quantitative estimate of drug-likeness (QED) is 0.150. The fourth-order valence-electron chi connectivity index (χ4n) is 16.2. The SMILES string of the molecule is Cc1cc(N(c2ccccc2)C2CCC3c4c(-c5ccccc5)c5c(c(-c6ccccc6)c4N4c6ccccc6C2C34)C2CCC(N(c3ccccc3)c3cc(C)c(C)c(C)c3)C3c4ccccc4N5C23)cc(C)c1C. The molecular formula is C72H66N4. The third kappa shape index (κ3) is 6.49. The van der Waals surface area contributed by atoms with Crippen molar-refractivity contribution in [3.8, 4) is 22.3 Å². The molecule has 4 nitrogen and oxygen atoms in total. The summed E-state index contributed by atoms with van der Waals surface area (Å²) in [6.07, 6.45) is 4.35. The highest BCUT2D eigenvalue weighted by Crippen LogP contribution is 2.72. The summed E-state index contributed by atoms with van der Waals surface area (Å²) in [7, 11) is 0. The maximum absolute atomic E-state index is 2.93. The van der Waals surface area contributed by atoms with Crippen molar-refractivity contribution in [1.82, 2.24) is 0 Å². The molecule has 0 N–H and O–H groups in total. The van der Waals surface area contributed by atoms with E-state index in [1.54, 1.807) is 11.1 Å². The van der Waals surface area contributed by atoms with Gasteiger partial charge in [0.2, 0.25) is 0 Å². The van der Waals surface area contributed by atoms with Gasteiger partial charge in [-0.05, 0) is 195 Å². The summed E-state index contributed by atoms with van der Waals surface area (Å²) in [5.74, 6) is 1.17. The smallest absolute Gasteiger partial charge is 0.0540 e. The van der Waals surface area contributed by atoms with Gasteiger partial charge in [0.05, 0.1) is 23.5 Å². The van der Waals surface area contributed by atoms with Crippen LogP contribution in [0.15, 0.2) is 194 Å². The Morgan fingerprint density at radius 2 is 0.684 bits per heavy atom. The van der Waals surface area contributed by atoms with Crippen molar-refractivity contribution in [3.05, 3.63) is 250 Å². The Hall–Kier alpha value is -7.82. The highest BCUT2D eigenvalue weighted by Gasteiger charge is 2.62. The van der Waals surface area contributed by atoms with Gasteiger partial charge in [0.15, 0.2) is 0 Å². The molecule has 0 spiro atoms. The van der Waals surface area contributed by atoms with E-state index in [0.717, 1.165) is 25.7 Å². The monoisotopic (exact) mass is 987 g/mol. The van der Waals surface area contributed by atoms with Crippen LogP contribution in [-0.2, 0) is 0 Å². The minimum absolute atomic E-state index is 0.248. The summed E-state index contributed by atoms with van der Waals surface area (Å²) < 4.78 is 0.